The number of piperazine rings is 1. The Balaban J connectivity index is 2.11. The molecule has 7 heteroatoms. The van der Waals surface area contributed by atoms with Crippen molar-refractivity contribution in [3.8, 4) is 5.75 Å². The lowest BCUT2D eigenvalue weighted by Crippen LogP contribution is -2.56. The second-order valence-electron chi connectivity index (χ2n) is 5.70. The van der Waals surface area contributed by atoms with E-state index in [4.69, 9.17) is 14.2 Å². The molecule has 7 nitrogen and oxygen atoms in total. The molecule has 1 saturated heterocycles. The predicted molar refractivity (Wildman–Crippen MR) is 94.0 cm³/mol. The molecule has 0 aliphatic carbocycles. The van der Waals surface area contributed by atoms with Crippen LogP contribution in [0.25, 0.3) is 0 Å². The molecule has 25 heavy (non-hydrogen) atoms. The summed E-state index contributed by atoms with van der Waals surface area (Å²) in [6.45, 7) is 5.89. The third-order valence-corrected chi connectivity index (χ3v) is 4.13. The van der Waals surface area contributed by atoms with Gasteiger partial charge < -0.3 is 24.0 Å². The van der Waals surface area contributed by atoms with Gasteiger partial charge in [-0.15, -0.1) is 0 Å². The number of benzene rings is 1. The Kier molecular flexibility index (Phi) is 6.91. The highest BCUT2D eigenvalue weighted by atomic mass is 16.6. The van der Waals surface area contributed by atoms with Gasteiger partial charge in [-0.1, -0.05) is 0 Å². The van der Waals surface area contributed by atoms with Gasteiger partial charge in [0.25, 0.3) is 0 Å². The van der Waals surface area contributed by atoms with Crippen LogP contribution in [0.2, 0.25) is 0 Å². The number of esters is 1. The number of methoxy groups -OCH3 is 1. The van der Waals surface area contributed by atoms with Gasteiger partial charge >= 0.3 is 12.1 Å². The molecule has 0 aromatic heterocycles. The monoisotopic (exact) mass is 350 g/mol. The van der Waals surface area contributed by atoms with Gasteiger partial charge in [-0.3, -0.25) is 4.79 Å². The third kappa shape index (κ3) is 5.01. The van der Waals surface area contributed by atoms with Crippen molar-refractivity contribution >= 4 is 17.7 Å². The zero-order valence-corrected chi connectivity index (χ0v) is 15.1. The maximum Gasteiger partial charge on any atom is 0.410 e. The molecule has 1 atom stereocenters. The molecule has 1 heterocycles. The zero-order valence-electron chi connectivity index (χ0n) is 15.1. The van der Waals surface area contributed by atoms with E-state index in [9.17, 15) is 9.59 Å². The SMILES string of the molecule is CCOC(=O)C[C@H]1CN(c2ccc(OC)cc2)CCN1C(=O)OCC. The summed E-state index contributed by atoms with van der Waals surface area (Å²) in [6.07, 6.45) is -0.231. The largest absolute Gasteiger partial charge is 0.497 e. The van der Waals surface area contributed by atoms with Crippen LogP contribution in [0, 0.1) is 0 Å². The maximum atomic E-state index is 12.2. The molecule has 1 aliphatic rings. The Bertz CT molecular complexity index is 575. The van der Waals surface area contributed by atoms with E-state index in [1.807, 2.05) is 24.3 Å². The van der Waals surface area contributed by atoms with E-state index >= 15 is 0 Å². The van der Waals surface area contributed by atoms with Crippen LogP contribution < -0.4 is 9.64 Å². The Morgan fingerprint density at radius 1 is 1.08 bits per heavy atom. The van der Waals surface area contributed by atoms with Crippen molar-refractivity contribution in [1.29, 1.82) is 0 Å². The molecule has 1 aliphatic heterocycles. The number of amides is 1. The third-order valence-electron chi connectivity index (χ3n) is 4.13. The van der Waals surface area contributed by atoms with Gasteiger partial charge in [0.2, 0.25) is 0 Å². The standard InChI is InChI=1S/C18H26N2O5/c1-4-24-17(21)12-15-13-19(10-11-20(15)18(22)25-5-2)14-6-8-16(23-3)9-7-14/h6-9,15H,4-5,10-13H2,1-3H3/t15-/m0/s1. The first-order chi connectivity index (χ1) is 12.1. The van der Waals surface area contributed by atoms with Crippen molar-refractivity contribution in [2.75, 3.05) is 44.9 Å². The van der Waals surface area contributed by atoms with E-state index in [1.165, 1.54) is 0 Å². The predicted octanol–water partition coefficient (Wildman–Crippen LogP) is 2.30. The molecule has 1 amide bonds. The van der Waals surface area contributed by atoms with E-state index in [-0.39, 0.29) is 24.5 Å². The molecule has 0 bridgehead atoms. The molecule has 0 N–H and O–H groups in total. The van der Waals surface area contributed by atoms with Crippen molar-refractivity contribution in [2.45, 2.75) is 26.3 Å². The second kappa shape index (κ2) is 9.15. The van der Waals surface area contributed by atoms with Crippen molar-refractivity contribution < 1.29 is 23.8 Å². The lowest BCUT2D eigenvalue weighted by Gasteiger charge is -2.41. The molecule has 2 rings (SSSR count). The summed E-state index contributed by atoms with van der Waals surface area (Å²) in [6, 6.07) is 7.45. The van der Waals surface area contributed by atoms with Gasteiger partial charge in [-0.2, -0.15) is 0 Å². The highest BCUT2D eigenvalue weighted by Gasteiger charge is 2.33. The summed E-state index contributed by atoms with van der Waals surface area (Å²) in [5.74, 6) is 0.482. The summed E-state index contributed by atoms with van der Waals surface area (Å²) in [5.41, 5.74) is 1.03. The smallest absolute Gasteiger partial charge is 0.410 e. The minimum Gasteiger partial charge on any atom is -0.497 e. The topological polar surface area (TPSA) is 68.3 Å². The molecule has 0 unspecified atom stereocenters. The van der Waals surface area contributed by atoms with Crippen molar-refractivity contribution in [1.82, 2.24) is 4.90 Å². The fourth-order valence-corrected chi connectivity index (χ4v) is 2.92. The molecular formula is C18H26N2O5. The second-order valence-corrected chi connectivity index (χ2v) is 5.70. The van der Waals surface area contributed by atoms with Crippen LogP contribution in [-0.2, 0) is 14.3 Å². The van der Waals surface area contributed by atoms with Crippen LogP contribution >= 0.6 is 0 Å². The fourth-order valence-electron chi connectivity index (χ4n) is 2.92. The van der Waals surface area contributed by atoms with Gasteiger partial charge in [0.05, 0.1) is 32.8 Å². The van der Waals surface area contributed by atoms with Gasteiger partial charge in [-0.05, 0) is 38.1 Å². The first-order valence-electron chi connectivity index (χ1n) is 8.57. The first kappa shape index (κ1) is 18.9. The first-order valence-corrected chi connectivity index (χ1v) is 8.57. The minimum atomic E-state index is -0.383. The average Bonchev–Trinajstić information content (AvgIpc) is 2.62. The van der Waals surface area contributed by atoms with Gasteiger partial charge in [0, 0.05) is 25.3 Å². The summed E-state index contributed by atoms with van der Waals surface area (Å²) < 4.78 is 15.4. The Hall–Kier alpha value is -2.44. The van der Waals surface area contributed by atoms with E-state index in [0.717, 1.165) is 11.4 Å². The van der Waals surface area contributed by atoms with Gasteiger partial charge in [0.15, 0.2) is 0 Å². The Morgan fingerprint density at radius 3 is 2.36 bits per heavy atom. The fraction of sp³-hybridized carbons (Fsp3) is 0.556. The van der Waals surface area contributed by atoms with Crippen molar-refractivity contribution in [2.24, 2.45) is 0 Å². The molecular weight excluding hydrogens is 324 g/mol. The number of anilines is 1. The highest BCUT2D eigenvalue weighted by Crippen LogP contribution is 2.24. The van der Waals surface area contributed by atoms with E-state index in [2.05, 4.69) is 4.90 Å². The quantitative estimate of drug-likeness (QED) is 0.734. The molecule has 1 aromatic rings. The molecule has 1 fully saturated rings. The van der Waals surface area contributed by atoms with Crippen LogP contribution in [0.3, 0.4) is 0 Å². The van der Waals surface area contributed by atoms with Gasteiger partial charge in [0.1, 0.15) is 5.75 Å². The van der Waals surface area contributed by atoms with Crippen LogP contribution in [0.5, 0.6) is 5.75 Å². The van der Waals surface area contributed by atoms with Crippen molar-refractivity contribution in [3.63, 3.8) is 0 Å². The number of nitrogens with zero attached hydrogens (tertiary/aromatic N) is 2. The lowest BCUT2D eigenvalue weighted by atomic mass is 10.1. The Morgan fingerprint density at radius 2 is 1.76 bits per heavy atom. The van der Waals surface area contributed by atoms with E-state index < -0.39 is 0 Å². The number of carbonyl (C=O) groups is 2. The maximum absolute atomic E-state index is 12.2. The number of hydrogen-bond donors (Lipinski definition) is 0. The highest BCUT2D eigenvalue weighted by molar-refractivity contribution is 5.73. The number of ether oxygens (including phenoxy) is 3. The summed E-state index contributed by atoms with van der Waals surface area (Å²) >= 11 is 0. The average molecular weight is 350 g/mol. The van der Waals surface area contributed by atoms with E-state index in [1.54, 1.807) is 25.9 Å². The number of rotatable bonds is 6. The molecule has 0 saturated carbocycles. The minimum absolute atomic E-state index is 0.152. The summed E-state index contributed by atoms with van der Waals surface area (Å²) in [5, 5.41) is 0. The lowest BCUT2D eigenvalue weighted by molar-refractivity contribution is -0.144. The molecule has 0 spiro atoms. The molecule has 0 radical (unpaired) electrons. The zero-order chi connectivity index (χ0) is 18.2. The summed E-state index contributed by atoms with van der Waals surface area (Å²) in [7, 11) is 1.63. The van der Waals surface area contributed by atoms with Crippen LogP contribution in [0.4, 0.5) is 10.5 Å². The van der Waals surface area contributed by atoms with Crippen LogP contribution in [0.15, 0.2) is 24.3 Å². The van der Waals surface area contributed by atoms with Crippen molar-refractivity contribution in [3.05, 3.63) is 24.3 Å². The van der Waals surface area contributed by atoms with Gasteiger partial charge in [-0.25, -0.2) is 4.79 Å². The summed E-state index contributed by atoms with van der Waals surface area (Å²) in [4.78, 5) is 27.9. The number of carbonyl (C=O) groups excluding carboxylic acids is 2. The number of hydrogen-bond acceptors (Lipinski definition) is 6. The van der Waals surface area contributed by atoms with Crippen LogP contribution in [0.1, 0.15) is 20.3 Å². The normalized spacial score (nSPS) is 17.2. The Labute approximate surface area is 148 Å². The molecule has 138 valence electrons. The van der Waals surface area contributed by atoms with E-state index in [0.29, 0.717) is 32.8 Å². The molecule has 1 aromatic carbocycles. The van der Waals surface area contributed by atoms with Crippen LogP contribution in [-0.4, -0.2) is 63.0 Å².